The molecule has 0 radical (unpaired) electrons. The smallest absolute Gasteiger partial charge is 0.201 e. The van der Waals surface area contributed by atoms with Gasteiger partial charge < -0.3 is 14.2 Å². The number of hydrogen-bond donors (Lipinski definition) is 0. The van der Waals surface area contributed by atoms with Crippen LogP contribution in [0.15, 0.2) is 30.3 Å². The van der Waals surface area contributed by atoms with Gasteiger partial charge in [-0.05, 0) is 43.6 Å². The molecule has 0 aromatic heterocycles. The Morgan fingerprint density at radius 2 is 1.85 bits per heavy atom. The highest BCUT2D eigenvalue weighted by Crippen LogP contribution is 2.60. The third kappa shape index (κ3) is 2.78. The molecular weight excluding hydrogens is 344 g/mol. The van der Waals surface area contributed by atoms with Crippen molar-refractivity contribution < 1.29 is 24.0 Å². The van der Waals surface area contributed by atoms with Gasteiger partial charge in [0, 0.05) is 18.3 Å². The molecule has 5 aliphatic rings. The van der Waals surface area contributed by atoms with Crippen molar-refractivity contribution in [1.29, 1.82) is 0 Å². The first-order valence-electron chi connectivity index (χ1n) is 10.4. The normalized spacial score (nSPS) is 48.7. The second kappa shape index (κ2) is 6.53. The number of ether oxygens (including phenoxy) is 3. The van der Waals surface area contributed by atoms with Crippen molar-refractivity contribution in [3.05, 3.63) is 35.9 Å². The molecule has 4 aliphatic heterocycles. The molecule has 2 bridgehead atoms. The molecule has 0 amide bonds. The van der Waals surface area contributed by atoms with Crippen molar-refractivity contribution in [2.24, 2.45) is 23.7 Å². The number of benzene rings is 1. The van der Waals surface area contributed by atoms with E-state index in [1.165, 1.54) is 6.42 Å². The molecule has 1 spiro atoms. The van der Waals surface area contributed by atoms with Crippen LogP contribution in [-0.2, 0) is 30.6 Å². The lowest BCUT2D eigenvalue weighted by Gasteiger charge is -2.60. The van der Waals surface area contributed by atoms with Crippen LogP contribution in [0.1, 0.15) is 52.0 Å². The molecule has 4 heterocycles. The third-order valence-corrected chi connectivity index (χ3v) is 7.35. The number of fused-ring (bicyclic) bond motifs is 2. The average molecular weight is 374 g/mol. The highest BCUT2D eigenvalue weighted by molar-refractivity contribution is 5.14. The van der Waals surface area contributed by atoms with Crippen LogP contribution in [-0.4, -0.2) is 24.0 Å². The van der Waals surface area contributed by atoms with E-state index in [1.54, 1.807) is 0 Å². The Labute approximate surface area is 161 Å². The van der Waals surface area contributed by atoms with Crippen molar-refractivity contribution in [2.75, 3.05) is 0 Å². The first kappa shape index (κ1) is 18.1. The van der Waals surface area contributed by atoms with E-state index in [2.05, 4.69) is 26.0 Å². The second-order valence-corrected chi connectivity index (χ2v) is 9.07. The minimum absolute atomic E-state index is 0.217. The maximum atomic E-state index is 6.43. The SMILES string of the molecule is C[C@H]1[C@@H](OCc2ccccc2)O[C@@H]2O[C@]3(C)CC[C@H]4[C@H](C)CC[C@@H]1[C@@]24OO3. The van der Waals surface area contributed by atoms with Crippen LogP contribution in [0, 0.1) is 23.7 Å². The van der Waals surface area contributed by atoms with Crippen molar-refractivity contribution in [1.82, 2.24) is 0 Å². The molecule has 1 aromatic rings. The fraction of sp³-hybridized carbons (Fsp3) is 0.727. The van der Waals surface area contributed by atoms with Crippen molar-refractivity contribution in [3.63, 3.8) is 0 Å². The highest BCUT2D eigenvalue weighted by atomic mass is 17.3. The lowest BCUT2D eigenvalue weighted by Crippen LogP contribution is -2.70. The Morgan fingerprint density at radius 1 is 1.04 bits per heavy atom. The lowest BCUT2D eigenvalue weighted by molar-refractivity contribution is -0.577. The van der Waals surface area contributed by atoms with E-state index < -0.39 is 17.7 Å². The van der Waals surface area contributed by atoms with Crippen molar-refractivity contribution >= 4 is 0 Å². The number of hydrogen-bond acceptors (Lipinski definition) is 5. The maximum Gasteiger partial charge on any atom is 0.201 e. The topological polar surface area (TPSA) is 46.2 Å². The molecule has 1 saturated carbocycles. The Balaban J connectivity index is 1.43. The molecular formula is C22H30O5. The quantitative estimate of drug-likeness (QED) is 0.734. The predicted molar refractivity (Wildman–Crippen MR) is 98.1 cm³/mol. The lowest BCUT2D eigenvalue weighted by atomic mass is 9.58. The van der Waals surface area contributed by atoms with Crippen molar-refractivity contribution in [2.45, 2.75) is 77.0 Å². The Hall–Kier alpha value is -0.980. The van der Waals surface area contributed by atoms with Gasteiger partial charge in [-0.2, -0.15) is 0 Å². The first-order valence-corrected chi connectivity index (χ1v) is 10.4. The van der Waals surface area contributed by atoms with Gasteiger partial charge in [0.2, 0.25) is 5.79 Å². The molecule has 27 heavy (non-hydrogen) atoms. The molecule has 0 N–H and O–H groups in total. The van der Waals surface area contributed by atoms with Gasteiger partial charge in [0.05, 0.1) is 6.61 Å². The van der Waals surface area contributed by atoms with E-state index in [-0.39, 0.29) is 12.2 Å². The van der Waals surface area contributed by atoms with Gasteiger partial charge in [0.25, 0.3) is 0 Å². The average Bonchev–Trinajstić information content (AvgIpc) is 2.90. The molecule has 5 nitrogen and oxygen atoms in total. The fourth-order valence-electron chi connectivity index (χ4n) is 5.82. The molecule has 1 aromatic carbocycles. The number of rotatable bonds is 3. The van der Waals surface area contributed by atoms with Gasteiger partial charge in [0.1, 0.15) is 0 Å². The molecule has 5 heteroatoms. The zero-order valence-electron chi connectivity index (χ0n) is 16.4. The van der Waals surface area contributed by atoms with Gasteiger partial charge in [0.15, 0.2) is 18.2 Å². The third-order valence-electron chi connectivity index (χ3n) is 7.35. The van der Waals surface area contributed by atoms with Crippen LogP contribution >= 0.6 is 0 Å². The van der Waals surface area contributed by atoms with Gasteiger partial charge in [-0.25, -0.2) is 9.78 Å². The van der Waals surface area contributed by atoms with Crippen LogP contribution in [0.3, 0.4) is 0 Å². The summed E-state index contributed by atoms with van der Waals surface area (Å²) in [6, 6.07) is 10.2. The van der Waals surface area contributed by atoms with Gasteiger partial charge in [-0.15, -0.1) is 0 Å². The summed E-state index contributed by atoms with van der Waals surface area (Å²) in [4.78, 5) is 12.0. The Kier molecular flexibility index (Phi) is 4.37. The van der Waals surface area contributed by atoms with E-state index in [0.29, 0.717) is 24.4 Å². The first-order chi connectivity index (χ1) is 13.0. The van der Waals surface area contributed by atoms with Crippen LogP contribution in [0.2, 0.25) is 0 Å². The molecule has 5 fully saturated rings. The second-order valence-electron chi connectivity index (χ2n) is 9.07. The summed E-state index contributed by atoms with van der Waals surface area (Å²) in [6.45, 7) is 7.05. The Morgan fingerprint density at radius 3 is 2.67 bits per heavy atom. The Bertz CT molecular complexity index is 681. The van der Waals surface area contributed by atoms with E-state index in [0.717, 1.165) is 24.8 Å². The maximum absolute atomic E-state index is 6.43. The predicted octanol–water partition coefficient (Wildman–Crippen LogP) is 4.41. The summed E-state index contributed by atoms with van der Waals surface area (Å²) < 4.78 is 19.0. The van der Waals surface area contributed by atoms with Crippen molar-refractivity contribution in [3.8, 4) is 0 Å². The fourth-order valence-corrected chi connectivity index (χ4v) is 5.82. The minimum Gasteiger partial charge on any atom is -0.348 e. The van der Waals surface area contributed by atoms with E-state index in [9.17, 15) is 0 Å². The monoisotopic (exact) mass is 374 g/mol. The summed E-state index contributed by atoms with van der Waals surface area (Å²) in [5.74, 6) is 0.759. The van der Waals surface area contributed by atoms with Crippen LogP contribution in [0.4, 0.5) is 0 Å². The highest BCUT2D eigenvalue weighted by Gasteiger charge is 2.69. The van der Waals surface area contributed by atoms with E-state index in [1.807, 2.05) is 25.1 Å². The summed E-state index contributed by atoms with van der Waals surface area (Å²) >= 11 is 0. The zero-order chi connectivity index (χ0) is 18.6. The van der Waals surface area contributed by atoms with Gasteiger partial charge in [-0.1, -0.05) is 44.2 Å². The molecule has 6 rings (SSSR count). The standard InChI is InChI=1S/C22H30O5/c1-14-9-10-18-15(2)19(23-13-16-7-5-4-6-8-16)24-20-22(18)17(14)11-12-21(3,25-20)26-27-22/h4-8,14-15,17-20H,9-13H2,1-3H3/t14-,15-,17+,18+,19+,20-,21+,22-/m1/s1. The minimum atomic E-state index is -0.734. The molecule has 4 saturated heterocycles. The summed E-state index contributed by atoms with van der Waals surface area (Å²) in [7, 11) is 0. The summed E-state index contributed by atoms with van der Waals surface area (Å²) in [6.07, 6.45) is 3.45. The van der Waals surface area contributed by atoms with Gasteiger partial charge in [-0.3, -0.25) is 0 Å². The van der Waals surface area contributed by atoms with Gasteiger partial charge >= 0.3 is 0 Å². The van der Waals surface area contributed by atoms with Crippen LogP contribution in [0.25, 0.3) is 0 Å². The largest absolute Gasteiger partial charge is 0.348 e. The summed E-state index contributed by atoms with van der Waals surface area (Å²) in [5.41, 5.74) is 0.637. The summed E-state index contributed by atoms with van der Waals surface area (Å²) in [5, 5.41) is 0. The van der Waals surface area contributed by atoms with E-state index >= 15 is 0 Å². The van der Waals surface area contributed by atoms with Crippen LogP contribution in [0.5, 0.6) is 0 Å². The molecule has 8 atom stereocenters. The zero-order valence-corrected chi connectivity index (χ0v) is 16.4. The van der Waals surface area contributed by atoms with E-state index in [4.69, 9.17) is 24.0 Å². The van der Waals surface area contributed by atoms with Crippen LogP contribution < -0.4 is 0 Å². The molecule has 1 aliphatic carbocycles. The molecule has 148 valence electrons. The molecule has 0 unspecified atom stereocenters.